The molecule has 0 saturated carbocycles. The monoisotopic (exact) mass is 404 g/mol. The summed E-state index contributed by atoms with van der Waals surface area (Å²) >= 11 is 5.73. The average Bonchev–Trinajstić information content (AvgIpc) is 2.71. The molecule has 0 radical (unpaired) electrons. The van der Waals surface area contributed by atoms with Crippen LogP contribution < -0.4 is 5.32 Å². The third-order valence-electron chi connectivity index (χ3n) is 4.36. The average molecular weight is 405 g/mol. The van der Waals surface area contributed by atoms with Gasteiger partial charge in [-0.1, -0.05) is 11.6 Å². The van der Waals surface area contributed by atoms with Crippen molar-refractivity contribution >= 4 is 34.0 Å². The highest BCUT2D eigenvalue weighted by Gasteiger charge is 2.43. The van der Waals surface area contributed by atoms with Gasteiger partial charge in [0.15, 0.2) is 0 Å². The lowest BCUT2D eigenvalue weighted by atomic mass is 10.1. The quantitative estimate of drug-likeness (QED) is 0.822. The Morgan fingerprint density at radius 2 is 1.79 bits per heavy atom. The Labute approximate surface area is 149 Å². The molecule has 24 heavy (non-hydrogen) atoms. The van der Waals surface area contributed by atoms with E-state index in [2.05, 4.69) is 5.32 Å². The Bertz CT molecular complexity index is 698. The molecule has 0 spiro atoms. The summed E-state index contributed by atoms with van der Waals surface area (Å²) in [5.41, 5.74) is -1.05. The zero-order valence-corrected chi connectivity index (χ0v) is 14.9. The summed E-state index contributed by atoms with van der Waals surface area (Å²) in [5, 5.41) is 2.93. The van der Waals surface area contributed by atoms with Gasteiger partial charge in [-0.3, -0.25) is 0 Å². The van der Waals surface area contributed by atoms with Crippen molar-refractivity contribution in [3.63, 3.8) is 0 Å². The standard InChI is InChI=1S/C14H16ClF3N2O2S.ClH/c15-10-5-9(14(16,17)18)6-13(7-10)23(21,22)20-11-1-2-12(20)8-19-4-3-11;/h5-7,11-12,19H,1-4,8H2;1H. The van der Waals surface area contributed by atoms with E-state index < -0.39 is 26.7 Å². The number of rotatable bonds is 2. The van der Waals surface area contributed by atoms with E-state index in [1.807, 2.05) is 0 Å². The fourth-order valence-corrected chi connectivity index (χ4v) is 5.60. The lowest BCUT2D eigenvalue weighted by molar-refractivity contribution is -0.137. The molecule has 136 valence electrons. The molecule has 2 unspecified atom stereocenters. The van der Waals surface area contributed by atoms with E-state index in [0.717, 1.165) is 18.6 Å². The Kier molecular flexibility index (Phi) is 5.76. The summed E-state index contributed by atoms with van der Waals surface area (Å²) in [6, 6.07) is 2.09. The van der Waals surface area contributed by atoms with Crippen LogP contribution in [-0.2, 0) is 16.2 Å². The van der Waals surface area contributed by atoms with E-state index in [9.17, 15) is 21.6 Å². The molecular weight excluding hydrogens is 388 g/mol. The van der Waals surface area contributed by atoms with Crippen molar-refractivity contribution in [3.8, 4) is 0 Å². The van der Waals surface area contributed by atoms with Crippen LogP contribution in [0.25, 0.3) is 0 Å². The fourth-order valence-electron chi connectivity index (χ4n) is 3.33. The van der Waals surface area contributed by atoms with Gasteiger partial charge in [0.05, 0.1) is 10.5 Å². The maximum atomic E-state index is 12.9. The number of fused-ring (bicyclic) bond motifs is 2. The topological polar surface area (TPSA) is 49.4 Å². The second-order valence-corrected chi connectivity index (χ2v) is 8.17. The Balaban J connectivity index is 0.00000208. The summed E-state index contributed by atoms with van der Waals surface area (Å²) in [6.07, 6.45) is -2.54. The van der Waals surface area contributed by atoms with Crippen LogP contribution in [0.2, 0.25) is 5.02 Å². The second-order valence-electron chi connectivity index (χ2n) is 5.89. The minimum Gasteiger partial charge on any atom is -0.315 e. The van der Waals surface area contributed by atoms with E-state index in [0.29, 0.717) is 32.0 Å². The molecule has 1 N–H and O–H groups in total. The van der Waals surface area contributed by atoms with Gasteiger partial charge in [0.2, 0.25) is 10.0 Å². The van der Waals surface area contributed by atoms with Gasteiger partial charge in [-0.05, 0) is 44.0 Å². The molecule has 2 heterocycles. The molecule has 2 aliphatic heterocycles. The Hall–Kier alpha value is -0.540. The smallest absolute Gasteiger partial charge is 0.315 e. The number of sulfonamides is 1. The predicted molar refractivity (Wildman–Crippen MR) is 87.0 cm³/mol. The van der Waals surface area contributed by atoms with Gasteiger partial charge in [-0.25, -0.2) is 8.42 Å². The minimum absolute atomic E-state index is 0. The number of nitrogens with one attached hydrogen (secondary N) is 1. The lowest BCUT2D eigenvalue weighted by Gasteiger charge is -2.27. The maximum absolute atomic E-state index is 12.9. The first-order valence-corrected chi connectivity index (χ1v) is 9.13. The molecule has 0 amide bonds. The number of hydrogen-bond acceptors (Lipinski definition) is 3. The van der Waals surface area contributed by atoms with Crippen molar-refractivity contribution in [2.24, 2.45) is 0 Å². The van der Waals surface area contributed by atoms with Crippen LogP contribution in [0, 0.1) is 0 Å². The summed E-state index contributed by atoms with van der Waals surface area (Å²) in [7, 11) is -4.02. The minimum atomic E-state index is -4.64. The van der Waals surface area contributed by atoms with Crippen molar-refractivity contribution in [2.45, 2.75) is 42.4 Å². The number of nitrogens with zero attached hydrogens (tertiary/aromatic N) is 1. The number of halogens is 5. The summed E-state index contributed by atoms with van der Waals surface area (Å²) in [6.45, 7) is 1.22. The zero-order chi connectivity index (χ0) is 16.8. The molecule has 2 saturated heterocycles. The molecule has 2 fully saturated rings. The van der Waals surface area contributed by atoms with E-state index in [1.54, 1.807) is 0 Å². The van der Waals surface area contributed by atoms with Crippen molar-refractivity contribution in [1.29, 1.82) is 0 Å². The molecule has 1 aromatic carbocycles. The van der Waals surface area contributed by atoms with Crippen LogP contribution in [0.1, 0.15) is 24.8 Å². The van der Waals surface area contributed by atoms with Crippen molar-refractivity contribution < 1.29 is 21.6 Å². The molecule has 10 heteroatoms. The van der Waals surface area contributed by atoms with Gasteiger partial charge in [-0.15, -0.1) is 12.4 Å². The fraction of sp³-hybridized carbons (Fsp3) is 0.571. The molecule has 2 bridgehead atoms. The first kappa shape index (κ1) is 19.8. The maximum Gasteiger partial charge on any atom is 0.416 e. The van der Waals surface area contributed by atoms with E-state index >= 15 is 0 Å². The molecule has 2 aliphatic rings. The van der Waals surface area contributed by atoms with Gasteiger partial charge in [-0.2, -0.15) is 17.5 Å². The van der Waals surface area contributed by atoms with Crippen molar-refractivity contribution in [2.75, 3.05) is 13.1 Å². The number of benzene rings is 1. The van der Waals surface area contributed by atoms with Gasteiger partial charge >= 0.3 is 6.18 Å². The molecule has 2 atom stereocenters. The SMILES string of the molecule is Cl.O=S(=O)(c1cc(Cl)cc(C(F)(F)F)c1)N1C2CCNCC1CC2. The van der Waals surface area contributed by atoms with Gasteiger partial charge in [0, 0.05) is 23.7 Å². The number of hydrogen-bond donors (Lipinski definition) is 1. The van der Waals surface area contributed by atoms with E-state index in [4.69, 9.17) is 11.6 Å². The molecule has 3 rings (SSSR count). The first-order valence-electron chi connectivity index (χ1n) is 7.31. The molecule has 4 nitrogen and oxygen atoms in total. The summed E-state index contributed by atoms with van der Waals surface area (Å²) in [5.74, 6) is 0. The second kappa shape index (κ2) is 6.99. The Morgan fingerprint density at radius 1 is 1.12 bits per heavy atom. The van der Waals surface area contributed by atoms with Crippen LogP contribution in [-0.4, -0.2) is 37.9 Å². The highest BCUT2D eigenvalue weighted by Crippen LogP contribution is 2.37. The normalized spacial score (nSPS) is 25.2. The highest BCUT2D eigenvalue weighted by molar-refractivity contribution is 7.89. The van der Waals surface area contributed by atoms with Crippen molar-refractivity contribution in [3.05, 3.63) is 28.8 Å². The lowest BCUT2D eigenvalue weighted by Crippen LogP contribution is -2.42. The summed E-state index contributed by atoms with van der Waals surface area (Å²) < 4.78 is 66.0. The van der Waals surface area contributed by atoms with Gasteiger partial charge in [0.1, 0.15) is 0 Å². The highest BCUT2D eigenvalue weighted by atomic mass is 35.5. The van der Waals surface area contributed by atoms with Gasteiger partial charge < -0.3 is 5.32 Å². The third-order valence-corrected chi connectivity index (χ3v) is 6.56. The van der Waals surface area contributed by atoms with Crippen molar-refractivity contribution in [1.82, 2.24) is 9.62 Å². The number of alkyl halides is 3. The van der Waals surface area contributed by atoms with Crippen LogP contribution in [0.4, 0.5) is 13.2 Å². The largest absolute Gasteiger partial charge is 0.416 e. The first-order chi connectivity index (χ1) is 10.7. The van der Waals surface area contributed by atoms with Crippen LogP contribution in [0.15, 0.2) is 23.1 Å². The van der Waals surface area contributed by atoms with Gasteiger partial charge in [0.25, 0.3) is 0 Å². The van der Waals surface area contributed by atoms with E-state index in [1.165, 1.54) is 4.31 Å². The third kappa shape index (κ3) is 3.67. The van der Waals surface area contributed by atoms with Crippen LogP contribution in [0.5, 0.6) is 0 Å². The molecule has 0 aliphatic carbocycles. The Morgan fingerprint density at radius 3 is 2.46 bits per heavy atom. The van der Waals surface area contributed by atoms with E-state index in [-0.39, 0.29) is 29.5 Å². The molecule has 0 aromatic heterocycles. The zero-order valence-electron chi connectivity index (χ0n) is 12.5. The molecule has 1 aromatic rings. The molecular formula is C14H17Cl2F3N2O2S. The predicted octanol–water partition coefficient (Wildman–Crippen LogP) is 3.30. The van der Waals surface area contributed by atoms with Crippen LogP contribution >= 0.6 is 24.0 Å². The van der Waals surface area contributed by atoms with Crippen LogP contribution in [0.3, 0.4) is 0 Å². The summed E-state index contributed by atoms with van der Waals surface area (Å²) in [4.78, 5) is -0.392.